The highest BCUT2D eigenvalue weighted by atomic mass is 16.5. The Morgan fingerprint density at radius 2 is 2.47 bits per heavy atom. The lowest BCUT2D eigenvalue weighted by Gasteiger charge is -2.12. The SMILES string of the molecule is Cn1ncc2cccc(OCC3CCNC3)c21. The second-order valence-corrected chi connectivity index (χ2v) is 4.63. The van der Waals surface area contributed by atoms with Gasteiger partial charge in [0.2, 0.25) is 0 Å². The quantitative estimate of drug-likeness (QED) is 0.871. The number of benzene rings is 1. The van der Waals surface area contributed by atoms with Crippen molar-refractivity contribution in [2.75, 3.05) is 19.7 Å². The minimum atomic E-state index is 0.637. The fraction of sp³-hybridized carbons (Fsp3) is 0.462. The third-order valence-corrected chi connectivity index (χ3v) is 3.36. The first-order chi connectivity index (χ1) is 8.34. The molecule has 1 aliphatic rings. The molecule has 1 unspecified atom stereocenters. The molecule has 0 amide bonds. The van der Waals surface area contributed by atoms with Gasteiger partial charge in [-0.1, -0.05) is 12.1 Å². The minimum absolute atomic E-state index is 0.637. The van der Waals surface area contributed by atoms with Gasteiger partial charge in [0.25, 0.3) is 0 Å². The van der Waals surface area contributed by atoms with E-state index in [0.717, 1.165) is 36.3 Å². The molecule has 4 heteroatoms. The number of fused-ring (bicyclic) bond motifs is 1. The van der Waals surface area contributed by atoms with E-state index in [4.69, 9.17) is 4.74 Å². The number of nitrogens with zero attached hydrogens (tertiary/aromatic N) is 2. The molecule has 0 aliphatic carbocycles. The van der Waals surface area contributed by atoms with E-state index in [2.05, 4.69) is 16.5 Å². The fourth-order valence-electron chi connectivity index (χ4n) is 2.38. The zero-order chi connectivity index (χ0) is 11.7. The van der Waals surface area contributed by atoms with Gasteiger partial charge in [-0.3, -0.25) is 4.68 Å². The van der Waals surface area contributed by atoms with Crippen LogP contribution in [-0.2, 0) is 7.05 Å². The van der Waals surface area contributed by atoms with Crippen LogP contribution in [0.25, 0.3) is 10.9 Å². The third-order valence-electron chi connectivity index (χ3n) is 3.36. The molecule has 1 N–H and O–H groups in total. The molecule has 1 fully saturated rings. The van der Waals surface area contributed by atoms with Gasteiger partial charge in [-0.15, -0.1) is 0 Å². The van der Waals surface area contributed by atoms with E-state index in [0.29, 0.717) is 5.92 Å². The summed E-state index contributed by atoms with van der Waals surface area (Å²) in [7, 11) is 1.95. The maximum Gasteiger partial charge on any atom is 0.145 e. The van der Waals surface area contributed by atoms with Gasteiger partial charge in [-0.2, -0.15) is 5.10 Å². The smallest absolute Gasteiger partial charge is 0.145 e. The fourth-order valence-corrected chi connectivity index (χ4v) is 2.38. The van der Waals surface area contributed by atoms with Crippen LogP contribution in [0.4, 0.5) is 0 Å². The van der Waals surface area contributed by atoms with E-state index >= 15 is 0 Å². The molecule has 0 bridgehead atoms. The van der Waals surface area contributed by atoms with Crippen LogP contribution in [0.3, 0.4) is 0 Å². The van der Waals surface area contributed by atoms with Crippen LogP contribution in [0.15, 0.2) is 24.4 Å². The number of rotatable bonds is 3. The summed E-state index contributed by atoms with van der Waals surface area (Å²) in [4.78, 5) is 0. The molecule has 4 nitrogen and oxygen atoms in total. The van der Waals surface area contributed by atoms with Gasteiger partial charge < -0.3 is 10.1 Å². The molecule has 1 saturated heterocycles. The first kappa shape index (κ1) is 10.6. The number of nitrogens with one attached hydrogen (secondary N) is 1. The number of ether oxygens (including phenoxy) is 1. The van der Waals surface area contributed by atoms with Crippen molar-refractivity contribution in [1.82, 2.24) is 15.1 Å². The summed E-state index contributed by atoms with van der Waals surface area (Å²) >= 11 is 0. The lowest BCUT2D eigenvalue weighted by molar-refractivity contribution is 0.262. The van der Waals surface area contributed by atoms with E-state index in [1.54, 1.807) is 0 Å². The third kappa shape index (κ3) is 2.00. The van der Waals surface area contributed by atoms with Gasteiger partial charge in [-0.05, 0) is 19.0 Å². The molecule has 0 spiro atoms. The average Bonchev–Trinajstić information content (AvgIpc) is 2.97. The van der Waals surface area contributed by atoms with E-state index < -0.39 is 0 Å². The molecular weight excluding hydrogens is 214 g/mol. The first-order valence-corrected chi connectivity index (χ1v) is 6.09. The van der Waals surface area contributed by atoms with Crippen molar-refractivity contribution >= 4 is 10.9 Å². The maximum absolute atomic E-state index is 5.94. The van der Waals surface area contributed by atoms with Crippen molar-refractivity contribution < 1.29 is 4.74 Å². The molecule has 1 aromatic heterocycles. The standard InChI is InChI=1S/C13H17N3O/c1-16-13-11(8-15-16)3-2-4-12(13)17-9-10-5-6-14-7-10/h2-4,8,10,14H,5-7,9H2,1H3. The Morgan fingerprint density at radius 3 is 3.29 bits per heavy atom. The first-order valence-electron chi connectivity index (χ1n) is 6.09. The van der Waals surface area contributed by atoms with E-state index in [1.165, 1.54) is 6.42 Å². The topological polar surface area (TPSA) is 39.1 Å². The molecule has 1 atom stereocenters. The molecule has 2 heterocycles. The van der Waals surface area contributed by atoms with E-state index in [9.17, 15) is 0 Å². The summed E-state index contributed by atoms with van der Waals surface area (Å²) in [5, 5.41) is 8.75. The Balaban J connectivity index is 1.81. The molecule has 90 valence electrons. The van der Waals surface area contributed by atoms with Crippen molar-refractivity contribution in [3.05, 3.63) is 24.4 Å². The van der Waals surface area contributed by atoms with Crippen LogP contribution in [0.2, 0.25) is 0 Å². The van der Waals surface area contributed by atoms with Crippen LogP contribution in [0, 0.1) is 5.92 Å². The number of aryl methyl sites for hydroxylation is 1. The lowest BCUT2D eigenvalue weighted by Crippen LogP contribution is -2.15. The van der Waals surface area contributed by atoms with Gasteiger partial charge >= 0.3 is 0 Å². The Bertz CT molecular complexity index is 514. The summed E-state index contributed by atoms with van der Waals surface area (Å²) in [6.07, 6.45) is 3.08. The molecule has 1 aliphatic heterocycles. The molecule has 3 rings (SSSR count). The lowest BCUT2D eigenvalue weighted by atomic mass is 10.1. The number of para-hydroxylation sites is 1. The summed E-state index contributed by atoms with van der Waals surface area (Å²) < 4.78 is 7.81. The monoisotopic (exact) mass is 231 g/mol. The van der Waals surface area contributed by atoms with Gasteiger partial charge in [-0.25, -0.2) is 0 Å². The summed E-state index contributed by atoms with van der Waals surface area (Å²) in [5.74, 6) is 1.58. The molecule has 1 aromatic carbocycles. The maximum atomic E-state index is 5.94. The zero-order valence-electron chi connectivity index (χ0n) is 10.0. The summed E-state index contributed by atoms with van der Waals surface area (Å²) in [6.45, 7) is 2.97. The molecule has 0 saturated carbocycles. The highest BCUT2D eigenvalue weighted by Gasteiger charge is 2.16. The second-order valence-electron chi connectivity index (χ2n) is 4.63. The minimum Gasteiger partial charge on any atom is -0.491 e. The largest absolute Gasteiger partial charge is 0.491 e. The Kier molecular flexibility index (Phi) is 2.73. The van der Waals surface area contributed by atoms with E-state index in [-0.39, 0.29) is 0 Å². The van der Waals surface area contributed by atoms with Crippen LogP contribution in [0.5, 0.6) is 5.75 Å². The molecule has 17 heavy (non-hydrogen) atoms. The van der Waals surface area contributed by atoms with Crippen molar-refractivity contribution in [1.29, 1.82) is 0 Å². The van der Waals surface area contributed by atoms with Crippen LogP contribution in [0.1, 0.15) is 6.42 Å². The molecular formula is C13H17N3O. The Labute approximate surface area is 101 Å². The average molecular weight is 231 g/mol. The van der Waals surface area contributed by atoms with Crippen LogP contribution < -0.4 is 10.1 Å². The highest BCUT2D eigenvalue weighted by molar-refractivity contribution is 5.84. The predicted molar refractivity (Wildman–Crippen MR) is 67.2 cm³/mol. The van der Waals surface area contributed by atoms with Gasteiger partial charge in [0.15, 0.2) is 0 Å². The second kappa shape index (κ2) is 4.37. The normalized spacial score (nSPS) is 19.9. The number of hydrogen-bond acceptors (Lipinski definition) is 3. The van der Waals surface area contributed by atoms with Crippen molar-refractivity contribution in [2.45, 2.75) is 6.42 Å². The highest BCUT2D eigenvalue weighted by Crippen LogP contribution is 2.25. The molecule has 0 radical (unpaired) electrons. The van der Waals surface area contributed by atoms with Crippen molar-refractivity contribution in [3.63, 3.8) is 0 Å². The Morgan fingerprint density at radius 1 is 1.53 bits per heavy atom. The van der Waals surface area contributed by atoms with Gasteiger partial charge in [0, 0.05) is 24.9 Å². The van der Waals surface area contributed by atoms with Gasteiger partial charge in [0.1, 0.15) is 11.3 Å². The predicted octanol–water partition coefficient (Wildman–Crippen LogP) is 1.56. The van der Waals surface area contributed by atoms with Crippen LogP contribution in [-0.4, -0.2) is 29.5 Å². The summed E-state index contributed by atoms with van der Waals surface area (Å²) in [6, 6.07) is 6.10. The number of hydrogen-bond donors (Lipinski definition) is 1. The molecule has 2 aromatic rings. The number of aromatic nitrogens is 2. The van der Waals surface area contributed by atoms with Crippen molar-refractivity contribution in [3.8, 4) is 5.75 Å². The van der Waals surface area contributed by atoms with Crippen LogP contribution >= 0.6 is 0 Å². The van der Waals surface area contributed by atoms with E-state index in [1.807, 2.05) is 30.1 Å². The van der Waals surface area contributed by atoms with Crippen molar-refractivity contribution in [2.24, 2.45) is 13.0 Å². The zero-order valence-corrected chi connectivity index (χ0v) is 10.0. The summed E-state index contributed by atoms with van der Waals surface area (Å²) in [5.41, 5.74) is 1.08. The Hall–Kier alpha value is -1.55. The van der Waals surface area contributed by atoms with Gasteiger partial charge in [0.05, 0.1) is 12.8 Å².